The zero-order valence-electron chi connectivity index (χ0n) is 4.64. The van der Waals surface area contributed by atoms with Crippen molar-refractivity contribution in [3.05, 3.63) is 0 Å². The van der Waals surface area contributed by atoms with E-state index in [1.807, 2.05) is 0 Å². The van der Waals surface area contributed by atoms with Gasteiger partial charge < -0.3 is 5.32 Å². The van der Waals surface area contributed by atoms with E-state index in [4.69, 9.17) is 4.78 Å². The van der Waals surface area contributed by atoms with Gasteiger partial charge in [-0.15, -0.1) is 0 Å². The SMILES string of the molecule is N=S1(=O)CCCNC1. The maximum Gasteiger partial charge on any atom is 0.0804 e. The van der Waals surface area contributed by atoms with Crippen molar-refractivity contribution in [2.75, 3.05) is 18.2 Å². The van der Waals surface area contributed by atoms with E-state index < -0.39 is 9.73 Å². The average molecular weight is 134 g/mol. The minimum absolute atomic E-state index is 0.396. The number of hydrogen-bond acceptors (Lipinski definition) is 3. The summed E-state index contributed by atoms with van der Waals surface area (Å²) >= 11 is 0. The van der Waals surface area contributed by atoms with Gasteiger partial charge in [0.05, 0.1) is 15.6 Å². The van der Waals surface area contributed by atoms with Crippen molar-refractivity contribution in [2.24, 2.45) is 0 Å². The van der Waals surface area contributed by atoms with Gasteiger partial charge in [0.1, 0.15) is 0 Å². The molecule has 0 aromatic rings. The smallest absolute Gasteiger partial charge is 0.0804 e. The van der Waals surface area contributed by atoms with Crippen molar-refractivity contribution in [3.63, 3.8) is 0 Å². The van der Waals surface area contributed by atoms with Crippen LogP contribution in [0, 0.1) is 4.78 Å². The molecule has 4 heteroatoms. The fraction of sp³-hybridized carbons (Fsp3) is 1.00. The van der Waals surface area contributed by atoms with Crippen molar-refractivity contribution >= 4 is 9.73 Å². The van der Waals surface area contributed by atoms with Crippen LogP contribution in [0.15, 0.2) is 0 Å². The molecular weight excluding hydrogens is 124 g/mol. The zero-order chi connectivity index (χ0) is 6.04. The van der Waals surface area contributed by atoms with E-state index in [0.717, 1.165) is 13.0 Å². The monoisotopic (exact) mass is 134 g/mol. The van der Waals surface area contributed by atoms with Crippen LogP contribution in [0.3, 0.4) is 0 Å². The van der Waals surface area contributed by atoms with Crippen molar-refractivity contribution < 1.29 is 4.21 Å². The molecule has 48 valence electrons. The second-order valence-electron chi connectivity index (χ2n) is 2.01. The van der Waals surface area contributed by atoms with E-state index in [1.54, 1.807) is 0 Å². The molecule has 0 saturated carbocycles. The van der Waals surface area contributed by atoms with Gasteiger partial charge in [-0.25, -0.2) is 4.21 Å². The number of hydrogen-bond donors (Lipinski definition) is 2. The predicted octanol–water partition coefficient (Wildman–Crippen LogP) is -0.0160. The molecule has 0 bridgehead atoms. The summed E-state index contributed by atoms with van der Waals surface area (Å²) in [5, 5.41) is 2.91. The number of nitrogens with one attached hydrogen (secondary N) is 2. The van der Waals surface area contributed by atoms with Gasteiger partial charge in [-0.3, -0.25) is 4.78 Å². The third-order valence-electron chi connectivity index (χ3n) is 1.16. The first-order chi connectivity index (χ1) is 3.71. The lowest BCUT2D eigenvalue weighted by Crippen LogP contribution is -2.31. The second-order valence-corrected chi connectivity index (χ2v) is 4.33. The topological polar surface area (TPSA) is 53.0 Å². The van der Waals surface area contributed by atoms with Gasteiger partial charge in [-0.1, -0.05) is 0 Å². The largest absolute Gasteiger partial charge is 0.305 e. The Balaban J connectivity index is 2.58. The summed E-state index contributed by atoms with van der Waals surface area (Å²) in [6.45, 7) is 0.926. The lowest BCUT2D eigenvalue weighted by molar-refractivity contribution is 0.639. The molecule has 1 atom stereocenters. The predicted molar refractivity (Wildman–Crippen MR) is 33.2 cm³/mol. The maximum absolute atomic E-state index is 10.8. The molecule has 1 fully saturated rings. The molecule has 1 heterocycles. The Bertz CT molecular complexity index is 149. The molecule has 0 amide bonds. The standard InChI is InChI=1S/C4H10N2OS/c5-8(7)3-1-2-6-4-8/h5-6H,1-4H2. The highest BCUT2D eigenvalue weighted by atomic mass is 32.2. The van der Waals surface area contributed by atoms with Crippen LogP contribution in [0.25, 0.3) is 0 Å². The second kappa shape index (κ2) is 2.03. The summed E-state index contributed by atoms with van der Waals surface area (Å²) < 4.78 is 17.9. The quantitative estimate of drug-likeness (QED) is 0.489. The summed E-state index contributed by atoms with van der Waals surface area (Å²) in [6, 6.07) is 0. The van der Waals surface area contributed by atoms with E-state index >= 15 is 0 Å². The van der Waals surface area contributed by atoms with Crippen LogP contribution in [-0.4, -0.2) is 22.4 Å². The van der Waals surface area contributed by atoms with Gasteiger partial charge in [0, 0.05) is 5.75 Å². The average Bonchev–Trinajstić information content (AvgIpc) is 1.65. The third kappa shape index (κ3) is 1.45. The molecule has 8 heavy (non-hydrogen) atoms. The highest BCUT2D eigenvalue weighted by Crippen LogP contribution is 1.97. The molecule has 3 nitrogen and oxygen atoms in total. The minimum Gasteiger partial charge on any atom is -0.305 e. The lowest BCUT2D eigenvalue weighted by atomic mass is 10.5. The first-order valence-electron chi connectivity index (χ1n) is 2.66. The third-order valence-corrected chi connectivity index (χ3v) is 2.78. The lowest BCUT2D eigenvalue weighted by Gasteiger charge is -2.13. The molecule has 1 aliphatic heterocycles. The van der Waals surface area contributed by atoms with Gasteiger partial charge in [0.15, 0.2) is 0 Å². The molecule has 1 rings (SSSR count). The minimum atomic E-state index is -2.19. The van der Waals surface area contributed by atoms with E-state index in [2.05, 4.69) is 5.32 Å². The Labute approximate surface area is 49.4 Å². The molecular formula is C4H10N2OS. The van der Waals surface area contributed by atoms with Gasteiger partial charge in [-0.2, -0.15) is 0 Å². The van der Waals surface area contributed by atoms with Crippen molar-refractivity contribution in [3.8, 4) is 0 Å². The first kappa shape index (κ1) is 6.04. The molecule has 2 N–H and O–H groups in total. The Kier molecular flexibility index (Phi) is 1.53. The van der Waals surface area contributed by atoms with E-state index in [9.17, 15) is 4.21 Å². The fourth-order valence-electron chi connectivity index (χ4n) is 0.740. The molecule has 0 spiro atoms. The van der Waals surface area contributed by atoms with E-state index in [1.165, 1.54) is 0 Å². The van der Waals surface area contributed by atoms with Crippen molar-refractivity contribution in [2.45, 2.75) is 6.42 Å². The molecule has 0 radical (unpaired) electrons. The Morgan fingerprint density at radius 3 is 2.62 bits per heavy atom. The van der Waals surface area contributed by atoms with Crippen LogP contribution in [0.1, 0.15) is 6.42 Å². The summed E-state index contributed by atoms with van der Waals surface area (Å²) in [5.41, 5.74) is 0. The molecule has 1 unspecified atom stereocenters. The highest BCUT2D eigenvalue weighted by Gasteiger charge is 2.09. The van der Waals surface area contributed by atoms with Gasteiger partial charge in [0.2, 0.25) is 0 Å². The van der Waals surface area contributed by atoms with Gasteiger partial charge >= 0.3 is 0 Å². The molecule has 0 aromatic carbocycles. The van der Waals surface area contributed by atoms with Crippen molar-refractivity contribution in [1.29, 1.82) is 4.78 Å². The first-order valence-corrected chi connectivity index (χ1v) is 4.55. The fourth-order valence-corrected chi connectivity index (χ4v) is 1.97. The van der Waals surface area contributed by atoms with Crippen molar-refractivity contribution in [1.82, 2.24) is 5.32 Å². The normalized spacial score (nSPS) is 39.5. The van der Waals surface area contributed by atoms with Crippen LogP contribution >= 0.6 is 0 Å². The summed E-state index contributed by atoms with van der Waals surface area (Å²) in [6.07, 6.45) is 0.891. The van der Waals surface area contributed by atoms with Gasteiger partial charge in [0.25, 0.3) is 0 Å². The Morgan fingerprint density at radius 2 is 2.38 bits per heavy atom. The van der Waals surface area contributed by atoms with Crippen LogP contribution in [-0.2, 0) is 9.73 Å². The van der Waals surface area contributed by atoms with E-state index in [0.29, 0.717) is 11.6 Å². The molecule has 0 aromatic heterocycles. The van der Waals surface area contributed by atoms with Gasteiger partial charge in [-0.05, 0) is 13.0 Å². The van der Waals surface area contributed by atoms with Crippen LogP contribution in [0.2, 0.25) is 0 Å². The molecule has 0 aliphatic carbocycles. The molecule has 1 saturated heterocycles. The summed E-state index contributed by atoms with van der Waals surface area (Å²) in [5.74, 6) is 0.979. The summed E-state index contributed by atoms with van der Waals surface area (Å²) in [4.78, 5) is 0. The Hall–Kier alpha value is -0.0900. The Morgan fingerprint density at radius 1 is 1.62 bits per heavy atom. The van der Waals surface area contributed by atoms with E-state index in [-0.39, 0.29) is 0 Å². The summed E-state index contributed by atoms with van der Waals surface area (Å²) in [7, 11) is -2.19. The number of rotatable bonds is 0. The molecule has 1 aliphatic rings. The van der Waals surface area contributed by atoms with Crippen LogP contribution in [0.4, 0.5) is 0 Å². The zero-order valence-corrected chi connectivity index (χ0v) is 5.46. The van der Waals surface area contributed by atoms with Crippen LogP contribution < -0.4 is 5.32 Å². The van der Waals surface area contributed by atoms with Crippen LogP contribution in [0.5, 0.6) is 0 Å². The maximum atomic E-state index is 10.8. The highest BCUT2D eigenvalue weighted by molar-refractivity contribution is 7.92.